The van der Waals surface area contributed by atoms with E-state index >= 15 is 0 Å². The Morgan fingerprint density at radius 3 is 2.81 bits per heavy atom. The van der Waals surface area contributed by atoms with E-state index in [4.69, 9.17) is 0 Å². The van der Waals surface area contributed by atoms with Gasteiger partial charge in [0.25, 0.3) is 0 Å². The highest BCUT2D eigenvalue weighted by atomic mass is 32.1. The molecule has 3 aromatic rings. The summed E-state index contributed by atoms with van der Waals surface area (Å²) in [6.45, 7) is 5.13. The number of H-pyrrole nitrogens is 1. The summed E-state index contributed by atoms with van der Waals surface area (Å²) < 4.78 is 0. The number of nitrogens with zero attached hydrogens (tertiary/aromatic N) is 3. The van der Waals surface area contributed by atoms with Gasteiger partial charge < -0.3 is 5.11 Å². The highest BCUT2D eigenvalue weighted by molar-refractivity contribution is 7.07. The molecule has 27 heavy (non-hydrogen) atoms. The fourth-order valence-electron chi connectivity index (χ4n) is 3.88. The fraction of sp³-hybridized carbons (Fsp3) is 0.381. The third-order valence-corrected chi connectivity index (χ3v) is 6.02. The van der Waals surface area contributed by atoms with Crippen LogP contribution in [-0.2, 0) is 13.1 Å². The maximum atomic E-state index is 9.54. The van der Waals surface area contributed by atoms with Crippen molar-refractivity contribution in [1.29, 1.82) is 0 Å². The van der Waals surface area contributed by atoms with E-state index in [0.29, 0.717) is 6.04 Å². The van der Waals surface area contributed by atoms with Gasteiger partial charge in [-0.05, 0) is 34.4 Å². The molecule has 1 aromatic carbocycles. The Morgan fingerprint density at radius 2 is 2.04 bits per heavy atom. The molecule has 1 aliphatic rings. The number of benzene rings is 1. The maximum absolute atomic E-state index is 9.54. The van der Waals surface area contributed by atoms with Gasteiger partial charge in [-0.15, -0.1) is 0 Å². The molecule has 2 N–H and O–H groups in total. The Balaban J connectivity index is 1.43. The summed E-state index contributed by atoms with van der Waals surface area (Å²) in [5.41, 5.74) is 4.89. The van der Waals surface area contributed by atoms with Crippen molar-refractivity contribution in [3.05, 3.63) is 64.5 Å². The first-order valence-electron chi connectivity index (χ1n) is 9.49. The first kappa shape index (κ1) is 18.4. The van der Waals surface area contributed by atoms with Gasteiger partial charge in [-0.25, -0.2) is 0 Å². The van der Waals surface area contributed by atoms with Gasteiger partial charge in [-0.2, -0.15) is 16.4 Å². The predicted molar refractivity (Wildman–Crippen MR) is 110 cm³/mol. The van der Waals surface area contributed by atoms with Gasteiger partial charge in [0.15, 0.2) is 0 Å². The molecule has 0 aliphatic carbocycles. The van der Waals surface area contributed by atoms with Crippen molar-refractivity contribution in [2.75, 3.05) is 26.2 Å². The summed E-state index contributed by atoms with van der Waals surface area (Å²) >= 11 is 1.75. The van der Waals surface area contributed by atoms with E-state index in [1.165, 1.54) is 16.7 Å². The SMILES string of the molecule is OCCC1CN(Cc2cn[nH]c2-c2ccccc2)CCN1Cc1ccsc1. The van der Waals surface area contributed by atoms with E-state index in [9.17, 15) is 5.11 Å². The fourth-order valence-corrected chi connectivity index (χ4v) is 4.54. The molecule has 6 heteroatoms. The highest BCUT2D eigenvalue weighted by Gasteiger charge is 2.27. The topological polar surface area (TPSA) is 55.4 Å². The van der Waals surface area contributed by atoms with Gasteiger partial charge in [0.05, 0.1) is 11.9 Å². The van der Waals surface area contributed by atoms with Crippen molar-refractivity contribution in [1.82, 2.24) is 20.0 Å². The van der Waals surface area contributed by atoms with Crippen LogP contribution in [0.15, 0.2) is 53.4 Å². The van der Waals surface area contributed by atoms with Crippen molar-refractivity contribution >= 4 is 11.3 Å². The van der Waals surface area contributed by atoms with Crippen molar-refractivity contribution in [3.8, 4) is 11.3 Å². The van der Waals surface area contributed by atoms with Crippen molar-refractivity contribution in [2.24, 2.45) is 0 Å². The molecule has 1 unspecified atom stereocenters. The van der Waals surface area contributed by atoms with Gasteiger partial charge in [0, 0.05) is 50.9 Å². The minimum absolute atomic E-state index is 0.236. The predicted octanol–water partition coefficient (Wildman–Crippen LogP) is 3.21. The van der Waals surface area contributed by atoms with Crippen molar-refractivity contribution < 1.29 is 5.11 Å². The van der Waals surface area contributed by atoms with Crippen LogP contribution in [0.2, 0.25) is 0 Å². The molecule has 0 saturated carbocycles. The van der Waals surface area contributed by atoms with Crippen LogP contribution in [0.3, 0.4) is 0 Å². The first-order valence-corrected chi connectivity index (χ1v) is 10.4. The Hall–Kier alpha value is -1.99. The maximum Gasteiger partial charge on any atom is 0.0695 e. The molecule has 0 amide bonds. The second kappa shape index (κ2) is 8.80. The van der Waals surface area contributed by atoms with E-state index in [2.05, 4.69) is 61.1 Å². The van der Waals surface area contributed by atoms with E-state index in [1.54, 1.807) is 11.3 Å². The van der Waals surface area contributed by atoms with E-state index < -0.39 is 0 Å². The van der Waals surface area contributed by atoms with Crippen LogP contribution in [0.25, 0.3) is 11.3 Å². The number of nitrogens with one attached hydrogen (secondary N) is 1. The Morgan fingerprint density at radius 1 is 1.15 bits per heavy atom. The van der Waals surface area contributed by atoms with E-state index in [1.807, 2.05) is 12.3 Å². The molecule has 0 bridgehead atoms. The quantitative estimate of drug-likeness (QED) is 0.659. The zero-order valence-electron chi connectivity index (χ0n) is 15.4. The number of piperazine rings is 1. The molecule has 142 valence electrons. The molecule has 1 saturated heterocycles. The molecule has 3 heterocycles. The minimum atomic E-state index is 0.236. The molecular formula is C21H26N4OS. The third kappa shape index (κ3) is 4.47. The third-order valence-electron chi connectivity index (χ3n) is 5.29. The van der Waals surface area contributed by atoms with E-state index in [0.717, 1.165) is 44.8 Å². The largest absolute Gasteiger partial charge is 0.396 e. The average Bonchev–Trinajstić information content (AvgIpc) is 3.37. The second-order valence-electron chi connectivity index (χ2n) is 7.14. The molecular weight excluding hydrogens is 356 g/mol. The van der Waals surface area contributed by atoms with Crippen LogP contribution in [0.1, 0.15) is 17.5 Å². The second-order valence-corrected chi connectivity index (χ2v) is 7.92. The van der Waals surface area contributed by atoms with Crippen molar-refractivity contribution in [3.63, 3.8) is 0 Å². The number of aromatic amines is 1. The summed E-state index contributed by atoms with van der Waals surface area (Å²) in [5, 5.41) is 21.3. The van der Waals surface area contributed by atoms with Crippen molar-refractivity contribution in [2.45, 2.75) is 25.6 Å². The molecule has 1 atom stereocenters. The number of thiophene rings is 1. The standard InChI is InChI=1S/C21H26N4OS/c26-10-6-20-15-24(8-9-25(20)13-17-7-11-27-16-17)14-19-12-22-23-21(19)18-4-2-1-3-5-18/h1-5,7,11-12,16,20,26H,6,8-10,13-15H2,(H,22,23). The number of hydrogen-bond donors (Lipinski definition) is 2. The monoisotopic (exact) mass is 382 g/mol. The molecule has 1 aliphatic heterocycles. The first-order chi connectivity index (χ1) is 13.3. The number of hydrogen-bond acceptors (Lipinski definition) is 5. The summed E-state index contributed by atoms with van der Waals surface area (Å²) in [7, 11) is 0. The van der Waals surface area contributed by atoms with Crippen LogP contribution in [-0.4, -0.2) is 57.4 Å². The summed E-state index contributed by atoms with van der Waals surface area (Å²) in [6, 6.07) is 13.0. The lowest BCUT2D eigenvalue weighted by Gasteiger charge is -2.41. The van der Waals surface area contributed by atoms with Crippen LogP contribution in [0.5, 0.6) is 0 Å². The molecule has 4 rings (SSSR count). The lowest BCUT2D eigenvalue weighted by molar-refractivity contribution is 0.0501. The Kier molecular flexibility index (Phi) is 5.99. The zero-order chi connectivity index (χ0) is 18.5. The summed E-state index contributed by atoms with van der Waals surface area (Å²) in [4.78, 5) is 5.00. The normalized spacial score (nSPS) is 18.8. The van der Waals surface area contributed by atoms with Gasteiger partial charge in [0.2, 0.25) is 0 Å². The summed E-state index contributed by atoms with van der Waals surface area (Å²) in [5.74, 6) is 0. The lowest BCUT2D eigenvalue weighted by Crippen LogP contribution is -2.52. The van der Waals surface area contributed by atoms with Gasteiger partial charge >= 0.3 is 0 Å². The van der Waals surface area contributed by atoms with Gasteiger partial charge in [-0.3, -0.25) is 14.9 Å². The number of aliphatic hydroxyl groups is 1. The van der Waals surface area contributed by atoms with Crippen LogP contribution in [0.4, 0.5) is 0 Å². The number of aliphatic hydroxyl groups excluding tert-OH is 1. The summed E-state index contributed by atoms with van der Waals surface area (Å²) in [6.07, 6.45) is 2.76. The Labute approximate surface area is 164 Å². The highest BCUT2D eigenvalue weighted by Crippen LogP contribution is 2.24. The molecule has 0 radical (unpaired) electrons. The number of aromatic nitrogens is 2. The number of rotatable bonds is 7. The van der Waals surface area contributed by atoms with Gasteiger partial charge in [0.1, 0.15) is 0 Å². The average molecular weight is 383 g/mol. The Bertz CT molecular complexity index is 818. The van der Waals surface area contributed by atoms with E-state index in [-0.39, 0.29) is 6.61 Å². The molecule has 2 aromatic heterocycles. The zero-order valence-corrected chi connectivity index (χ0v) is 16.2. The minimum Gasteiger partial charge on any atom is -0.396 e. The lowest BCUT2D eigenvalue weighted by atomic mass is 10.1. The van der Waals surface area contributed by atoms with Crippen LogP contribution in [0, 0.1) is 0 Å². The molecule has 0 spiro atoms. The van der Waals surface area contributed by atoms with Crippen LogP contribution < -0.4 is 0 Å². The van der Waals surface area contributed by atoms with Crippen LogP contribution >= 0.6 is 11.3 Å². The molecule has 5 nitrogen and oxygen atoms in total. The molecule has 1 fully saturated rings. The smallest absolute Gasteiger partial charge is 0.0695 e. The van der Waals surface area contributed by atoms with Gasteiger partial charge in [-0.1, -0.05) is 30.3 Å².